The first-order chi connectivity index (χ1) is 14.0. The standard InChI is InChI=1S/C18H23N5O4S2/c24-18(20-16-3-1-15(2-4-16)17-19-5-14-28-17)21-6-8-22(9-7-21)29(25,26)23-10-12-27-13-11-23/h1-5,14H,6-13H2,(H,20,24). The van der Waals surface area contributed by atoms with E-state index in [0.717, 1.165) is 10.6 Å². The summed E-state index contributed by atoms with van der Waals surface area (Å²) in [5.74, 6) is 0. The number of piperazine rings is 1. The van der Waals surface area contributed by atoms with Crippen LogP contribution >= 0.6 is 11.3 Å². The third-order valence-electron chi connectivity index (χ3n) is 4.96. The summed E-state index contributed by atoms with van der Waals surface area (Å²) in [5, 5.41) is 5.73. The van der Waals surface area contributed by atoms with Crippen LogP contribution in [0, 0.1) is 0 Å². The van der Waals surface area contributed by atoms with Crippen molar-refractivity contribution in [1.29, 1.82) is 0 Å². The molecule has 2 aliphatic rings. The minimum atomic E-state index is -3.50. The first-order valence-corrected chi connectivity index (χ1v) is 11.7. The number of hydrogen-bond donors (Lipinski definition) is 1. The van der Waals surface area contributed by atoms with E-state index in [1.807, 2.05) is 29.6 Å². The van der Waals surface area contributed by atoms with E-state index in [1.165, 1.54) is 8.61 Å². The maximum absolute atomic E-state index is 12.7. The predicted octanol–water partition coefficient (Wildman–Crippen LogP) is 1.54. The molecule has 2 fully saturated rings. The molecular weight excluding hydrogens is 414 g/mol. The van der Waals surface area contributed by atoms with Crippen molar-refractivity contribution in [1.82, 2.24) is 18.5 Å². The van der Waals surface area contributed by atoms with E-state index in [9.17, 15) is 13.2 Å². The number of carbonyl (C=O) groups excluding carboxylic acids is 1. The second-order valence-corrected chi connectivity index (χ2v) is 9.57. The highest BCUT2D eigenvalue weighted by molar-refractivity contribution is 7.86. The number of amides is 2. The Hall–Kier alpha value is -2.05. The number of thiazole rings is 1. The second kappa shape index (κ2) is 8.76. The quantitative estimate of drug-likeness (QED) is 0.783. The maximum atomic E-state index is 12.7. The van der Waals surface area contributed by atoms with Crippen LogP contribution in [0.3, 0.4) is 0 Å². The largest absolute Gasteiger partial charge is 0.379 e. The highest BCUT2D eigenvalue weighted by atomic mass is 32.2. The molecule has 0 spiro atoms. The lowest BCUT2D eigenvalue weighted by Crippen LogP contribution is -2.56. The molecule has 156 valence electrons. The zero-order valence-corrected chi connectivity index (χ0v) is 17.5. The summed E-state index contributed by atoms with van der Waals surface area (Å²) in [6.45, 7) is 2.87. The molecule has 0 aliphatic carbocycles. The summed E-state index contributed by atoms with van der Waals surface area (Å²) < 4.78 is 33.6. The average Bonchev–Trinajstić information content (AvgIpc) is 3.30. The molecule has 9 nitrogen and oxygen atoms in total. The fourth-order valence-corrected chi connectivity index (χ4v) is 5.53. The summed E-state index contributed by atoms with van der Waals surface area (Å²) in [7, 11) is -3.50. The van der Waals surface area contributed by atoms with Gasteiger partial charge in [0.1, 0.15) is 5.01 Å². The van der Waals surface area contributed by atoms with Crippen LogP contribution in [0.15, 0.2) is 35.8 Å². The number of urea groups is 1. The highest BCUT2D eigenvalue weighted by Crippen LogP contribution is 2.23. The van der Waals surface area contributed by atoms with Gasteiger partial charge in [0, 0.05) is 62.1 Å². The molecule has 2 saturated heterocycles. The third kappa shape index (κ3) is 4.59. The molecular formula is C18H23N5O4S2. The van der Waals surface area contributed by atoms with Gasteiger partial charge in [0.25, 0.3) is 10.2 Å². The summed E-state index contributed by atoms with van der Waals surface area (Å²) in [4.78, 5) is 18.5. The number of hydrogen-bond acceptors (Lipinski definition) is 6. The van der Waals surface area contributed by atoms with E-state index < -0.39 is 10.2 Å². The van der Waals surface area contributed by atoms with E-state index in [-0.39, 0.29) is 19.1 Å². The lowest BCUT2D eigenvalue weighted by atomic mass is 10.2. The number of morpholine rings is 1. The van der Waals surface area contributed by atoms with Gasteiger partial charge < -0.3 is 15.0 Å². The molecule has 4 rings (SSSR count). The lowest BCUT2D eigenvalue weighted by molar-refractivity contribution is 0.0691. The van der Waals surface area contributed by atoms with Gasteiger partial charge in [-0.1, -0.05) is 0 Å². The van der Waals surface area contributed by atoms with E-state index in [2.05, 4.69) is 10.3 Å². The third-order valence-corrected chi connectivity index (χ3v) is 7.82. The molecule has 2 amide bonds. The smallest absolute Gasteiger partial charge is 0.321 e. The Morgan fingerprint density at radius 3 is 2.28 bits per heavy atom. The molecule has 0 bridgehead atoms. The van der Waals surface area contributed by atoms with Crippen molar-refractivity contribution >= 4 is 33.3 Å². The van der Waals surface area contributed by atoms with Crippen LogP contribution in [-0.4, -0.2) is 85.4 Å². The molecule has 0 atom stereocenters. The molecule has 2 aliphatic heterocycles. The first kappa shape index (κ1) is 20.2. The molecule has 11 heteroatoms. The topological polar surface area (TPSA) is 95.1 Å². The van der Waals surface area contributed by atoms with Gasteiger partial charge in [0.05, 0.1) is 13.2 Å². The Balaban J connectivity index is 1.31. The van der Waals surface area contributed by atoms with Gasteiger partial charge in [-0.15, -0.1) is 11.3 Å². The fraction of sp³-hybridized carbons (Fsp3) is 0.444. The van der Waals surface area contributed by atoms with Crippen LogP contribution < -0.4 is 5.32 Å². The number of nitrogens with zero attached hydrogens (tertiary/aromatic N) is 4. The Labute approximate surface area is 174 Å². The van der Waals surface area contributed by atoms with E-state index in [1.54, 1.807) is 22.4 Å². The van der Waals surface area contributed by atoms with Crippen LogP contribution in [0.4, 0.5) is 10.5 Å². The lowest BCUT2D eigenvalue weighted by Gasteiger charge is -2.37. The number of anilines is 1. The number of ether oxygens (including phenoxy) is 1. The summed E-state index contributed by atoms with van der Waals surface area (Å²) >= 11 is 1.56. The molecule has 1 aromatic carbocycles. The van der Waals surface area contributed by atoms with Crippen LogP contribution in [0.25, 0.3) is 10.6 Å². The van der Waals surface area contributed by atoms with Gasteiger partial charge in [-0.25, -0.2) is 9.78 Å². The number of nitrogens with one attached hydrogen (secondary N) is 1. The number of aromatic nitrogens is 1. The van der Waals surface area contributed by atoms with E-state index >= 15 is 0 Å². The van der Waals surface area contributed by atoms with Crippen molar-refractivity contribution in [3.8, 4) is 10.6 Å². The van der Waals surface area contributed by atoms with Gasteiger partial charge in [0.2, 0.25) is 0 Å². The van der Waals surface area contributed by atoms with Crippen LogP contribution in [0.2, 0.25) is 0 Å². The van der Waals surface area contributed by atoms with E-state index in [4.69, 9.17) is 4.74 Å². The minimum absolute atomic E-state index is 0.226. The Bertz CT molecular complexity index is 920. The zero-order chi connectivity index (χ0) is 20.3. The predicted molar refractivity (Wildman–Crippen MR) is 111 cm³/mol. The summed E-state index contributed by atoms with van der Waals surface area (Å²) in [5.41, 5.74) is 1.69. The van der Waals surface area contributed by atoms with Crippen LogP contribution in [0.5, 0.6) is 0 Å². The first-order valence-electron chi connectivity index (χ1n) is 9.43. The van der Waals surface area contributed by atoms with Crippen molar-refractivity contribution in [2.75, 3.05) is 57.8 Å². The van der Waals surface area contributed by atoms with Gasteiger partial charge >= 0.3 is 6.03 Å². The summed E-state index contributed by atoms with van der Waals surface area (Å²) in [6.07, 6.45) is 1.76. The van der Waals surface area contributed by atoms with E-state index in [0.29, 0.717) is 45.1 Å². The van der Waals surface area contributed by atoms with Crippen molar-refractivity contribution in [2.45, 2.75) is 0 Å². The Kier molecular flexibility index (Phi) is 6.11. The Morgan fingerprint density at radius 1 is 1.00 bits per heavy atom. The molecule has 0 saturated carbocycles. The monoisotopic (exact) mass is 437 g/mol. The molecule has 0 unspecified atom stereocenters. The van der Waals surface area contributed by atoms with Gasteiger partial charge in [-0.05, 0) is 24.3 Å². The normalized spacial score (nSPS) is 19.2. The average molecular weight is 438 g/mol. The number of rotatable bonds is 4. The minimum Gasteiger partial charge on any atom is -0.379 e. The van der Waals surface area contributed by atoms with Crippen molar-refractivity contribution in [2.24, 2.45) is 0 Å². The van der Waals surface area contributed by atoms with Crippen LogP contribution in [-0.2, 0) is 14.9 Å². The Morgan fingerprint density at radius 2 is 1.66 bits per heavy atom. The molecule has 0 radical (unpaired) electrons. The van der Waals surface area contributed by atoms with Crippen molar-refractivity contribution in [3.05, 3.63) is 35.8 Å². The van der Waals surface area contributed by atoms with Gasteiger partial charge in [-0.3, -0.25) is 0 Å². The molecule has 2 aromatic rings. The number of carbonyl (C=O) groups is 1. The number of benzene rings is 1. The second-order valence-electron chi connectivity index (χ2n) is 6.75. The SMILES string of the molecule is O=C(Nc1ccc(-c2nccs2)cc1)N1CCN(S(=O)(=O)N2CCOCC2)CC1. The molecule has 1 aromatic heterocycles. The zero-order valence-electron chi connectivity index (χ0n) is 15.9. The summed E-state index contributed by atoms with van der Waals surface area (Å²) in [6, 6.07) is 7.29. The molecule has 3 heterocycles. The maximum Gasteiger partial charge on any atom is 0.321 e. The molecule has 1 N–H and O–H groups in total. The molecule has 29 heavy (non-hydrogen) atoms. The van der Waals surface area contributed by atoms with Gasteiger partial charge in [-0.2, -0.15) is 17.0 Å². The van der Waals surface area contributed by atoms with Crippen LogP contribution in [0.1, 0.15) is 0 Å². The van der Waals surface area contributed by atoms with Gasteiger partial charge in [0.15, 0.2) is 0 Å². The van der Waals surface area contributed by atoms with Crippen molar-refractivity contribution in [3.63, 3.8) is 0 Å². The fourth-order valence-electron chi connectivity index (χ4n) is 3.33. The highest BCUT2D eigenvalue weighted by Gasteiger charge is 2.34. The van der Waals surface area contributed by atoms with Crippen molar-refractivity contribution < 1.29 is 17.9 Å².